The molecule has 0 rings (SSSR count). The molecular weight excluding hydrogens is 384 g/mol. The number of carboxylic acids is 2. The number of carboxylic acid groups (broad SMARTS) is 2. The molecule has 0 heterocycles. The Morgan fingerprint density at radius 3 is 1.23 bits per heavy atom. The highest BCUT2D eigenvalue weighted by molar-refractivity contribution is 5.85. The second-order valence-electron chi connectivity index (χ2n) is 7.40. The number of rotatable bonds is 17. The van der Waals surface area contributed by atoms with Gasteiger partial charge in [-0.05, 0) is 20.3 Å². The van der Waals surface area contributed by atoms with Crippen molar-refractivity contribution in [2.45, 2.75) is 97.8 Å². The first kappa shape index (κ1) is 33.0. The van der Waals surface area contributed by atoms with E-state index < -0.39 is 11.9 Å². The molecule has 0 unspecified atom stereocenters. The summed E-state index contributed by atoms with van der Waals surface area (Å²) in [7, 11) is 0. The Morgan fingerprint density at radius 1 is 0.667 bits per heavy atom. The molecule has 30 heavy (non-hydrogen) atoms. The second-order valence-corrected chi connectivity index (χ2v) is 7.40. The first-order chi connectivity index (χ1) is 14.2. The van der Waals surface area contributed by atoms with Crippen LogP contribution in [0.15, 0.2) is 24.3 Å². The summed E-state index contributed by atoms with van der Waals surface area (Å²) in [4.78, 5) is 19.2. The third-order valence-corrected chi connectivity index (χ3v) is 4.11. The van der Waals surface area contributed by atoms with Crippen LogP contribution < -0.4 is 0 Å². The third-order valence-electron chi connectivity index (χ3n) is 4.11. The van der Waals surface area contributed by atoms with E-state index in [1.807, 2.05) is 0 Å². The standard InChI is InChI=1S/C16H34O2.2C4H6O2/c1-2-3-4-5-6-7-8-9-10-11-12-13-15-18-16-14-17;2*1-3(2)4(5)6/h17H,2-16H2,1H3;2*1H2,2H3,(H,5,6). The molecule has 6 heteroatoms. The average Bonchev–Trinajstić information content (AvgIpc) is 2.69. The Hall–Kier alpha value is -1.66. The Kier molecular flexibility index (Phi) is 30.1. The van der Waals surface area contributed by atoms with E-state index in [4.69, 9.17) is 20.1 Å². The summed E-state index contributed by atoms with van der Waals surface area (Å²) in [6, 6.07) is 0. The molecule has 0 saturated carbocycles. The van der Waals surface area contributed by atoms with Gasteiger partial charge in [-0.25, -0.2) is 9.59 Å². The summed E-state index contributed by atoms with van der Waals surface area (Å²) in [6.07, 6.45) is 16.5. The lowest BCUT2D eigenvalue weighted by molar-refractivity contribution is -0.133. The van der Waals surface area contributed by atoms with Gasteiger partial charge in [-0.15, -0.1) is 0 Å². The molecule has 0 radical (unpaired) electrons. The highest BCUT2D eigenvalue weighted by atomic mass is 16.5. The fraction of sp³-hybridized carbons (Fsp3) is 0.750. The fourth-order valence-electron chi connectivity index (χ4n) is 2.21. The maximum atomic E-state index is 9.60. The van der Waals surface area contributed by atoms with Crippen molar-refractivity contribution < 1.29 is 29.6 Å². The van der Waals surface area contributed by atoms with Gasteiger partial charge in [0, 0.05) is 17.8 Å². The quantitative estimate of drug-likeness (QED) is 0.193. The molecule has 0 amide bonds. The van der Waals surface area contributed by atoms with E-state index in [0.29, 0.717) is 6.61 Å². The molecule has 0 aromatic rings. The molecule has 0 spiro atoms. The molecule has 0 atom stereocenters. The highest BCUT2D eigenvalue weighted by Crippen LogP contribution is 2.11. The highest BCUT2D eigenvalue weighted by Gasteiger charge is 1.94. The number of hydrogen-bond donors (Lipinski definition) is 3. The lowest BCUT2D eigenvalue weighted by Gasteiger charge is -2.03. The Bertz CT molecular complexity index is 367. The molecule has 178 valence electrons. The van der Waals surface area contributed by atoms with Gasteiger partial charge in [-0.2, -0.15) is 0 Å². The molecule has 0 aliphatic carbocycles. The van der Waals surface area contributed by atoms with Gasteiger partial charge in [0.15, 0.2) is 0 Å². The molecule has 0 aromatic heterocycles. The minimum atomic E-state index is -0.935. The van der Waals surface area contributed by atoms with Gasteiger partial charge in [-0.1, -0.05) is 90.7 Å². The van der Waals surface area contributed by atoms with E-state index in [9.17, 15) is 9.59 Å². The number of ether oxygens (including phenoxy) is 1. The van der Waals surface area contributed by atoms with E-state index >= 15 is 0 Å². The SMILES string of the molecule is C=C(C)C(=O)O.C=C(C)C(=O)O.CCCCCCCCCCCCCCOCCO. The molecule has 0 bridgehead atoms. The van der Waals surface area contributed by atoms with Crippen LogP contribution in [-0.2, 0) is 14.3 Å². The van der Waals surface area contributed by atoms with Gasteiger partial charge < -0.3 is 20.1 Å². The van der Waals surface area contributed by atoms with E-state index in [1.54, 1.807) is 0 Å². The normalized spacial score (nSPS) is 9.60. The van der Waals surface area contributed by atoms with Crippen LogP contribution >= 0.6 is 0 Å². The summed E-state index contributed by atoms with van der Waals surface area (Å²) < 4.78 is 5.22. The Labute approximate surface area is 184 Å². The van der Waals surface area contributed by atoms with Crippen LogP contribution in [0.2, 0.25) is 0 Å². The van der Waals surface area contributed by atoms with Crippen molar-refractivity contribution >= 4 is 11.9 Å². The summed E-state index contributed by atoms with van der Waals surface area (Å²) in [5.74, 6) is -1.87. The van der Waals surface area contributed by atoms with Crippen molar-refractivity contribution in [3.05, 3.63) is 24.3 Å². The zero-order chi connectivity index (χ0) is 23.6. The van der Waals surface area contributed by atoms with Crippen molar-refractivity contribution in [1.82, 2.24) is 0 Å². The second kappa shape index (κ2) is 27.3. The van der Waals surface area contributed by atoms with E-state index in [-0.39, 0.29) is 17.8 Å². The van der Waals surface area contributed by atoms with Crippen molar-refractivity contribution in [2.24, 2.45) is 0 Å². The van der Waals surface area contributed by atoms with Crippen molar-refractivity contribution in [3.8, 4) is 0 Å². The maximum Gasteiger partial charge on any atom is 0.330 e. The molecular formula is C24H46O6. The summed E-state index contributed by atoms with van der Waals surface area (Å²) in [5.41, 5.74) is 0.352. The smallest absolute Gasteiger partial charge is 0.330 e. The molecule has 6 nitrogen and oxygen atoms in total. The zero-order valence-corrected chi connectivity index (χ0v) is 19.6. The lowest BCUT2D eigenvalue weighted by Crippen LogP contribution is -2.00. The number of aliphatic hydroxyl groups excluding tert-OH is 1. The minimum absolute atomic E-state index is 0.151. The van der Waals surface area contributed by atoms with Crippen molar-refractivity contribution in [3.63, 3.8) is 0 Å². The van der Waals surface area contributed by atoms with Crippen LogP contribution in [0.1, 0.15) is 97.8 Å². The molecule has 3 N–H and O–H groups in total. The van der Waals surface area contributed by atoms with E-state index in [2.05, 4.69) is 20.1 Å². The molecule has 0 fully saturated rings. The van der Waals surface area contributed by atoms with Crippen LogP contribution in [0.3, 0.4) is 0 Å². The Morgan fingerprint density at radius 2 is 0.967 bits per heavy atom. The average molecular weight is 431 g/mol. The monoisotopic (exact) mass is 430 g/mol. The molecule has 0 aliphatic heterocycles. The first-order valence-electron chi connectivity index (χ1n) is 11.2. The maximum absolute atomic E-state index is 9.60. The number of aliphatic hydroxyl groups is 1. The van der Waals surface area contributed by atoms with Gasteiger partial charge in [-0.3, -0.25) is 0 Å². The Balaban J connectivity index is -0.000000495. The topological polar surface area (TPSA) is 104 Å². The molecule has 0 aliphatic rings. The van der Waals surface area contributed by atoms with Crippen LogP contribution in [0.25, 0.3) is 0 Å². The summed E-state index contributed by atoms with van der Waals surface area (Å²) >= 11 is 0. The summed E-state index contributed by atoms with van der Waals surface area (Å²) in [5, 5.41) is 24.3. The number of carbonyl (C=O) groups is 2. The fourth-order valence-corrected chi connectivity index (χ4v) is 2.21. The molecule has 0 saturated heterocycles. The summed E-state index contributed by atoms with van der Waals surface area (Å²) in [6.45, 7) is 12.9. The predicted molar refractivity (Wildman–Crippen MR) is 124 cm³/mol. The van der Waals surface area contributed by atoms with Gasteiger partial charge >= 0.3 is 11.9 Å². The third kappa shape index (κ3) is 37.1. The lowest BCUT2D eigenvalue weighted by atomic mass is 10.1. The largest absolute Gasteiger partial charge is 0.478 e. The van der Waals surface area contributed by atoms with Gasteiger partial charge in [0.25, 0.3) is 0 Å². The van der Waals surface area contributed by atoms with Crippen LogP contribution in [0.4, 0.5) is 0 Å². The van der Waals surface area contributed by atoms with Crippen LogP contribution in [0, 0.1) is 0 Å². The van der Waals surface area contributed by atoms with Crippen molar-refractivity contribution in [2.75, 3.05) is 19.8 Å². The predicted octanol–water partition coefficient (Wildman–Crippen LogP) is 5.99. The number of unbranched alkanes of at least 4 members (excludes halogenated alkanes) is 11. The van der Waals surface area contributed by atoms with Gasteiger partial charge in [0.2, 0.25) is 0 Å². The van der Waals surface area contributed by atoms with Gasteiger partial charge in [0.05, 0.1) is 13.2 Å². The van der Waals surface area contributed by atoms with Gasteiger partial charge in [0.1, 0.15) is 0 Å². The first-order valence-corrected chi connectivity index (χ1v) is 11.2. The van der Waals surface area contributed by atoms with Crippen LogP contribution in [0.5, 0.6) is 0 Å². The van der Waals surface area contributed by atoms with Crippen LogP contribution in [-0.4, -0.2) is 47.1 Å². The molecule has 0 aromatic carbocycles. The number of aliphatic carboxylic acids is 2. The minimum Gasteiger partial charge on any atom is -0.478 e. The van der Waals surface area contributed by atoms with E-state index in [0.717, 1.165) is 13.0 Å². The van der Waals surface area contributed by atoms with Crippen molar-refractivity contribution in [1.29, 1.82) is 0 Å². The van der Waals surface area contributed by atoms with E-state index in [1.165, 1.54) is 84.5 Å². The number of hydrogen-bond acceptors (Lipinski definition) is 4. The zero-order valence-electron chi connectivity index (χ0n) is 19.6.